The summed E-state index contributed by atoms with van der Waals surface area (Å²) in [5, 5.41) is 6.24. The maximum atomic E-state index is 12.5. The van der Waals surface area contributed by atoms with Gasteiger partial charge in [-0.05, 0) is 64.0 Å². The van der Waals surface area contributed by atoms with Gasteiger partial charge in [0.15, 0.2) is 11.5 Å². The lowest BCUT2D eigenvalue weighted by atomic mass is 10.2. The van der Waals surface area contributed by atoms with Crippen LogP contribution in [0.2, 0.25) is 0 Å². The number of hydrogen-bond acceptors (Lipinski definition) is 8. The van der Waals surface area contributed by atoms with Gasteiger partial charge in [0.25, 0.3) is 0 Å². The first-order chi connectivity index (χ1) is 17.4. The molecule has 186 valence electrons. The van der Waals surface area contributed by atoms with Gasteiger partial charge in [-0.15, -0.1) is 0 Å². The number of esters is 1. The molecule has 0 aliphatic carbocycles. The average Bonchev–Trinajstić information content (AvgIpc) is 2.89. The molecule has 10 nitrogen and oxygen atoms in total. The molecule has 11 heteroatoms. The van der Waals surface area contributed by atoms with E-state index in [4.69, 9.17) is 18.9 Å². The van der Waals surface area contributed by atoms with Crippen LogP contribution in [0, 0.1) is 0 Å². The van der Waals surface area contributed by atoms with Crippen molar-refractivity contribution < 1.29 is 33.3 Å². The monoisotopic (exact) mass is 555 g/mol. The summed E-state index contributed by atoms with van der Waals surface area (Å²) in [6, 6.07) is 16.3. The van der Waals surface area contributed by atoms with Gasteiger partial charge in [0, 0.05) is 10.5 Å². The molecule has 2 amide bonds. The van der Waals surface area contributed by atoms with Gasteiger partial charge < -0.3 is 24.3 Å². The topological polar surface area (TPSA) is 125 Å². The SMILES string of the molecule is COc1ccc(OC)c(NC(=O)C(=O)NN=Cc2ccc(OC(=O)c3ccccc3Br)c(OC)c2)c1. The number of hydrazone groups is 1. The van der Waals surface area contributed by atoms with E-state index >= 15 is 0 Å². The molecule has 2 N–H and O–H groups in total. The smallest absolute Gasteiger partial charge is 0.344 e. The van der Waals surface area contributed by atoms with E-state index < -0.39 is 17.8 Å². The summed E-state index contributed by atoms with van der Waals surface area (Å²) >= 11 is 3.32. The molecule has 36 heavy (non-hydrogen) atoms. The molecule has 0 spiro atoms. The highest BCUT2D eigenvalue weighted by molar-refractivity contribution is 9.10. The molecule has 0 saturated carbocycles. The summed E-state index contributed by atoms with van der Waals surface area (Å²) in [5.41, 5.74) is 3.28. The average molecular weight is 556 g/mol. The standard InChI is InChI=1S/C25H22BrN3O7/c1-33-16-9-11-20(34-2)19(13-16)28-23(30)24(31)29-27-14-15-8-10-21(22(12-15)35-3)36-25(32)17-6-4-5-7-18(17)26/h4-14H,1-3H3,(H,28,30)(H,29,31). The molecule has 3 aromatic rings. The van der Waals surface area contributed by atoms with Crippen molar-refractivity contribution >= 4 is 45.6 Å². The van der Waals surface area contributed by atoms with Crippen molar-refractivity contribution in [1.29, 1.82) is 0 Å². The van der Waals surface area contributed by atoms with Crippen LogP contribution >= 0.6 is 15.9 Å². The summed E-state index contributed by atoms with van der Waals surface area (Å²) < 4.78 is 21.6. The van der Waals surface area contributed by atoms with E-state index in [0.717, 1.165) is 0 Å². The summed E-state index contributed by atoms with van der Waals surface area (Å²) in [4.78, 5) is 36.9. The maximum Gasteiger partial charge on any atom is 0.344 e. The van der Waals surface area contributed by atoms with Gasteiger partial charge in [-0.2, -0.15) is 5.10 Å². The number of carbonyl (C=O) groups is 3. The largest absolute Gasteiger partial charge is 0.497 e. The lowest BCUT2D eigenvalue weighted by Crippen LogP contribution is -2.32. The van der Waals surface area contributed by atoms with Crippen LogP contribution in [0.15, 0.2) is 70.2 Å². The van der Waals surface area contributed by atoms with Crippen molar-refractivity contribution in [2.45, 2.75) is 0 Å². The summed E-state index contributed by atoms with van der Waals surface area (Å²) in [5.74, 6) is -1.21. The fraction of sp³-hybridized carbons (Fsp3) is 0.120. The van der Waals surface area contributed by atoms with Crippen LogP contribution in [0.1, 0.15) is 15.9 Å². The zero-order valence-corrected chi connectivity index (χ0v) is 21.1. The van der Waals surface area contributed by atoms with E-state index in [1.165, 1.54) is 39.7 Å². The number of ether oxygens (including phenoxy) is 4. The second-order valence-electron chi connectivity index (χ2n) is 7.00. The minimum Gasteiger partial charge on any atom is -0.497 e. The van der Waals surface area contributed by atoms with Gasteiger partial charge in [-0.1, -0.05) is 12.1 Å². The highest BCUT2D eigenvalue weighted by Crippen LogP contribution is 2.30. The normalized spacial score (nSPS) is 10.4. The number of rotatable bonds is 8. The third-order valence-corrected chi connectivity index (χ3v) is 5.42. The molecule has 0 saturated heterocycles. The highest BCUT2D eigenvalue weighted by atomic mass is 79.9. The molecule has 3 aromatic carbocycles. The molecule has 0 unspecified atom stereocenters. The van der Waals surface area contributed by atoms with Gasteiger partial charge in [-0.3, -0.25) is 9.59 Å². The molecule has 0 radical (unpaired) electrons. The fourth-order valence-corrected chi connectivity index (χ4v) is 3.38. The zero-order valence-electron chi connectivity index (χ0n) is 19.5. The van der Waals surface area contributed by atoms with Crippen LogP contribution in [0.25, 0.3) is 0 Å². The van der Waals surface area contributed by atoms with Crippen molar-refractivity contribution in [2.75, 3.05) is 26.6 Å². The molecule has 0 aromatic heterocycles. The van der Waals surface area contributed by atoms with Gasteiger partial charge in [-0.25, -0.2) is 10.2 Å². The van der Waals surface area contributed by atoms with Crippen molar-refractivity contribution in [3.63, 3.8) is 0 Å². The summed E-state index contributed by atoms with van der Waals surface area (Å²) in [6.45, 7) is 0. The number of carbonyl (C=O) groups excluding carboxylic acids is 3. The molecule has 3 rings (SSSR count). The van der Waals surface area contributed by atoms with Crippen molar-refractivity contribution in [3.05, 3.63) is 76.3 Å². The number of halogens is 1. The van der Waals surface area contributed by atoms with Crippen LogP contribution in [-0.4, -0.2) is 45.3 Å². The first kappa shape index (κ1) is 26.2. The molecular formula is C25H22BrN3O7. The minimum atomic E-state index is -0.998. The second kappa shape index (κ2) is 12.4. The first-order valence-electron chi connectivity index (χ1n) is 10.4. The van der Waals surface area contributed by atoms with E-state index in [0.29, 0.717) is 27.1 Å². The van der Waals surface area contributed by atoms with Crippen LogP contribution in [-0.2, 0) is 9.59 Å². The van der Waals surface area contributed by atoms with E-state index in [9.17, 15) is 14.4 Å². The first-order valence-corrected chi connectivity index (χ1v) is 11.2. The fourth-order valence-electron chi connectivity index (χ4n) is 2.94. The molecule has 0 aliphatic rings. The predicted molar refractivity (Wildman–Crippen MR) is 136 cm³/mol. The molecule has 0 bridgehead atoms. The number of benzene rings is 3. The van der Waals surface area contributed by atoms with E-state index in [1.54, 1.807) is 48.5 Å². The van der Waals surface area contributed by atoms with Crippen molar-refractivity contribution in [2.24, 2.45) is 5.10 Å². The molecule has 0 heterocycles. The lowest BCUT2D eigenvalue weighted by Gasteiger charge is -2.11. The number of hydrogen-bond donors (Lipinski definition) is 2. The zero-order chi connectivity index (χ0) is 26.1. The van der Waals surface area contributed by atoms with Gasteiger partial charge in [0.1, 0.15) is 11.5 Å². The van der Waals surface area contributed by atoms with E-state index in [2.05, 4.69) is 31.8 Å². The van der Waals surface area contributed by atoms with Crippen molar-refractivity contribution in [1.82, 2.24) is 5.43 Å². The Kier molecular flexibility index (Phi) is 9.01. The van der Waals surface area contributed by atoms with Crippen LogP contribution in [0.3, 0.4) is 0 Å². The number of methoxy groups -OCH3 is 3. The Bertz CT molecular complexity index is 1310. The Hall–Kier alpha value is -4.38. The van der Waals surface area contributed by atoms with Crippen LogP contribution in [0.4, 0.5) is 5.69 Å². The Morgan fingerprint density at radius 2 is 1.56 bits per heavy atom. The Balaban J connectivity index is 1.63. The van der Waals surface area contributed by atoms with E-state index in [-0.39, 0.29) is 17.2 Å². The Morgan fingerprint density at radius 1 is 0.833 bits per heavy atom. The Morgan fingerprint density at radius 3 is 2.25 bits per heavy atom. The maximum absolute atomic E-state index is 12.5. The molecular weight excluding hydrogens is 534 g/mol. The number of anilines is 1. The number of nitrogens with one attached hydrogen (secondary N) is 2. The lowest BCUT2D eigenvalue weighted by molar-refractivity contribution is -0.136. The third kappa shape index (κ3) is 6.60. The van der Waals surface area contributed by atoms with Crippen LogP contribution < -0.4 is 29.7 Å². The third-order valence-electron chi connectivity index (χ3n) is 4.72. The number of amides is 2. The second-order valence-corrected chi connectivity index (χ2v) is 7.85. The molecule has 0 fully saturated rings. The van der Waals surface area contributed by atoms with Gasteiger partial charge >= 0.3 is 17.8 Å². The highest BCUT2D eigenvalue weighted by Gasteiger charge is 2.17. The minimum absolute atomic E-state index is 0.200. The Labute approximate surface area is 215 Å². The molecule has 0 atom stereocenters. The van der Waals surface area contributed by atoms with Crippen LogP contribution in [0.5, 0.6) is 23.0 Å². The quantitative estimate of drug-likeness (QED) is 0.142. The molecule has 0 aliphatic heterocycles. The summed E-state index contributed by atoms with van der Waals surface area (Å²) in [6.07, 6.45) is 1.30. The number of nitrogens with zero attached hydrogens (tertiary/aromatic N) is 1. The van der Waals surface area contributed by atoms with Crippen molar-refractivity contribution in [3.8, 4) is 23.0 Å². The summed E-state index contributed by atoms with van der Waals surface area (Å²) in [7, 11) is 4.33. The van der Waals surface area contributed by atoms with Gasteiger partial charge in [0.2, 0.25) is 0 Å². The predicted octanol–water partition coefficient (Wildman–Crippen LogP) is 3.78. The van der Waals surface area contributed by atoms with E-state index in [1.807, 2.05) is 0 Å². The van der Waals surface area contributed by atoms with Gasteiger partial charge in [0.05, 0.1) is 38.8 Å².